The fourth-order valence-electron chi connectivity index (χ4n) is 4.09. The number of allylic oxidation sites excluding steroid dienone is 8. The van der Waals surface area contributed by atoms with Crippen molar-refractivity contribution in [3.63, 3.8) is 0 Å². The summed E-state index contributed by atoms with van der Waals surface area (Å²) in [7, 11) is -0.326. The van der Waals surface area contributed by atoms with Gasteiger partial charge in [0.2, 0.25) is 0 Å². The average Bonchev–Trinajstić information content (AvgIpc) is 2.73. The first-order valence-corrected chi connectivity index (χ1v) is 10.1. The molecule has 0 spiro atoms. The van der Waals surface area contributed by atoms with Gasteiger partial charge < -0.3 is 0 Å². The SMILES string of the molecule is CC1=C([SiH2]C2(C)C=CC=CC2)C(C)C(c2ccc(C)cc2)=C1C. The van der Waals surface area contributed by atoms with Crippen molar-refractivity contribution in [1.29, 1.82) is 0 Å². The molecule has 1 aromatic carbocycles. The molecule has 0 bridgehead atoms. The molecule has 3 rings (SSSR count). The van der Waals surface area contributed by atoms with E-state index in [1.165, 1.54) is 23.1 Å². The van der Waals surface area contributed by atoms with Gasteiger partial charge in [-0.2, -0.15) is 0 Å². The van der Waals surface area contributed by atoms with Crippen LogP contribution < -0.4 is 0 Å². The molecule has 1 heteroatoms. The lowest BCUT2D eigenvalue weighted by molar-refractivity contribution is 0.748. The van der Waals surface area contributed by atoms with Crippen LogP contribution in [0.1, 0.15) is 45.2 Å². The third-order valence-corrected chi connectivity index (χ3v) is 8.55. The van der Waals surface area contributed by atoms with Gasteiger partial charge in [0.25, 0.3) is 0 Å². The molecular weight excluding hydrogens is 292 g/mol. The number of aryl methyl sites for hydroxylation is 1. The van der Waals surface area contributed by atoms with E-state index < -0.39 is 0 Å². The van der Waals surface area contributed by atoms with E-state index in [0.29, 0.717) is 11.0 Å². The average molecular weight is 321 g/mol. The van der Waals surface area contributed by atoms with Gasteiger partial charge in [-0.05, 0) is 54.9 Å². The molecule has 0 fully saturated rings. The maximum Gasteiger partial charge on any atom is 0.0616 e. The topological polar surface area (TPSA) is 0 Å². The lowest BCUT2D eigenvalue weighted by Crippen LogP contribution is -2.20. The van der Waals surface area contributed by atoms with Crippen LogP contribution in [0.5, 0.6) is 0 Å². The van der Waals surface area contributed by atoms with E-state index in [1.807, 2.05) is 0 Å². The van der Waals surface area contributed by atoms with Crippen molar-refractivity contribution < 1.29 is 0 Å². The van der Waals surface area contributed by atoms with E-state index in [4.69, 9.17) is 0 Å². The minimum Gasteiger partial charge on any atom is -0.0840 e. The molecule has 0 saturated carbocycles. The number of hydrogen-bond acceptors (Lipinski definition) is 0. The Kier molecular flexibility index (Phi) is 4.33. The van der Waals surface area contributed by atoms with Gasteiger partial charge in [-0.25, -0.2) is 0 Å². The highest BCUT2D eigenvalue weighted by Crippen LogP contribution is 2.46. The Balaban J connectivity index is 1.90. The highest BCUT2D eigenvalue weighted by atomic mass is 28.2. The number of hydrogen-bond donors (Lipinski definition) is 0. The summed E-state index contributed by atoms with van der Waals surface area (Å²) in [6.07, 6.45) is 10.4. The highest BCUT2D eigenvalue weighted by Gasteiger charge is 2.32. The molecule has 0 nitrogen and oxygen atoms in total. The van der Waals surface area contributed by atoms with E-state index in [1.54, 1.807) is 16.3 Å². The van der Waals surface area contributed by atoms with Crippen molar-refractivity contribution >= 4 is 15.1 Å². The molecule has 2 unspecified atom stereocenters. The Morgan fingerprint density at radius 3 is 2.30 bits per heavy atom. The van der Waals surface area contributed by atoms with Crippen LogP contribution in [0.25, 0.3) is 5.57 Å². The second-order valence-electron chi connectivity index (χ2n) is 7.60. The molecule has 0 saturated heterocycles. The minimum atomic E-state index is -0.326. The van der Waals surface area contributed by atoms with E-state index in [0.717, 1.165) is 0 Å². The fourth-order valence-corrected chi connectivity index (χ4v) is 6.57. The normalized spacial score (nSPS) is 27.8. The number of benzene rings is 1. The summed E-state index contributed by atoms with van der Waals surface area (Å²) < 4.78 is 0. The second kappa shape index (κ2) is 6.12. The van der Waals surface area contributed by atoms with Crippen LogP contribution in [0.3, 0.4) is 0 Å². The van der Waals surface area contributed by atoms with Crippen molar-refractivity contribution in [2.24, 2.45) is 5.92 Å². The van der Waals surface area contributed by atoms with Crippen molar-refractivity contribution in [2.75, 3.05) is 0 Å². The van der Waals surface area contributed by atoms with E-state index in [2.05, 4.69) is 83.2 Å². The molecule has 0 amide bonds. The minimum absolute atomic E-state index is 0.326. The molecule has 2 atom stereocenters. The maximum absolute atomic E-state index is 2.45. The van der Waals surface area contributed by atoms with Crippen LogP contribution in [0.4, 0.5) is 0 Å². The summed E-state index contributed by atoms with van der Waals surface area (Å²) in [4.78, 5) is 0. The fraction of sp³-hybridized carbons (Fsp3) is 0.364. The summed E-state index contributed by atoms with van der Waals surface area (Å²) in [5.74, 6) is 0.584. The molecule has 23 heavy (non-hydrogen) atoms. The van der Waals surface area contributed by atoms with Gasteiger partial charge in [-0.1, -0.05) is 78.7 Å². The summed E-state index contributed by atoms with van der Waals surface area (Å²) in [5, 5.41) is 2.17. The van der Waals surface area contributed by atoms with E-state index in [-0.39, 0.29) is 9.52 Å². The van der Waals surface area contributed by atoms with Crippen LogP contribution >= 0.6 is 0 Å². The second-order valence-corrected chi connectivity index (χ2v) is 10.3. The molecule has 1 aromatic rings. The van der Waals surface area contributed by atoms with Crippen LogP contribution in [0.15, 0.2) is 64.9 Å². The first-order chi connectivity index (χ1) is 10.9. The standard InChI is InChI=1S/C22H28Si/c1-15-9-11-19(12-10-15)20-16(2)17(3)21(18(20)4)23-22(5)13-7-6-8-14-22/h6-13,18H,14,23H2,1-5H3. The predicted molar refractivity (Wildman–Crippen MR) is 105 cm³/mol. The summed E-state index contributed by atoms with van der Waals surface area (Å²) in [6, 6.07) is 9.08. The highest BCUT2D eigenvalue weighted by molar-refractivity contribution is 6.51. The van der Waals surface area contributed by atoms with Crippen LogP contribution in [-0.4, -0.2) is 9.52 Å². The molecule has 0 aliphatic heterocycles. The van der Waals surface area contributed by atoms with Gasteiger partial charge in [-0.15, -0.1) is 0 Å². The van der Waals surface area contributed by atoms with Gasteiger partial charge in [0.1, 0.15) is 0 Å². The molecule has 0 aromatic heterocycles. The third-order valence-electron chi connectivity index (χ3n) is 5.69. The summed E-state index contributed by atoms with van der Waals surface area (Å²) in [6.45, 7) is 11.7. The van der Waals surface area contributed by atoms with Gasteiger partial charge in [0.05, 0.1) is 9.52 Å². The van der Waals surface area contributed by atoms with E-state index >= 15 is 0 Å². The Morgan fingerprint density at radius 2 is 1.70 bits per heavy atom. The number of rotatable bonds is 3. The van der Waals surface area contributed by atoms with Gasteiger partial charge >= 0.3 is 0 Å². The quantitative estimate of drug-likeness (QED) is 0.640. The molecule has 0 N–H and O–H groups in total. The van der Waals surface area contributed by atoms with Crippen molar-refractivity contribution in [1.82, 2.24) is 0 Å². The molecule has 2 aliphatic rings. The van der Waals surface area contributed by atoms with Gasteiger partial charge in [0.15, 0.2) is 0 Å². The molecule has 0 heterocycles. The first kappa shape index (κ1) is 16.3. The Labute approximate surface area is 143 Å². The first-order valence-electron chi connectivity index (χ1n) is 8.73. The van der Waals surface area contributed by atoms with Crippen molar-refractivity contribution in [3.05, 3.63) is 76.0 Å². The summed E-state index contributed by atoms with van der Waals surface area (Å²) >= 11 is 0. The van der Waals surface area contributed by atoms with E-state index in [9.17, 15) is 0 Å². The smallest absolute Gasteiger partial charge is 0.0616 e. The lowest BCUT2D eigenvalue weighted by atomic mass is 9.94. The monoisotopic (exact) mass is 320 g/mol. The zero-order chi connectivity index (χ0) is 16.6. The predicted octanol–water partition coefficient (Wildman–Crippen LogP) is 5.56. The maximum atomic E-state index is 2.45. The van der Waals surface area contributed by atoms with Crippen molar-refractivity contribution in [3.8, 4) is 0 Å². The molecule has 2 aliphatic carbocycles. The Bertz CT molecular complexity index is 728. The molecule has 0 radical (unpaired) electrons. The van der Waals surface area contributed by atoms with Crippen LogP contribution in [0, 0.1) is 12.8 Å². The zero-order valence-electron chi connectivity index (χ0n) is 15.1. The Morgan fingerprint density at radius 1 is 1.00 bits per heavy atom. The van der Waals surface area contributed by atoms with Crippen LogP contribution in [-0.2, 0) is 0 Å². The van der Waals surface area contributed by atoms with Crippen molar-refractivity contribution in [2.45, 2.75) is 46.1 Å². The van der Waals surface area contributed by atoms with Gasteiger partial charge in [-0.3, -0.25) is 0 Å². The largest absolute Gasteiger partial charge is 0.0840 e. The lowest BCUT2D eigenvalue weighted by Gasteiger charge is -2.29. The Hall–Kier alpha value is -1.60. The zero-order valence-corrected chi connectivity index (χ0v) is 16.5. The van der Waals surface area contributed by atoms with Gasteiger partial charge in [0, 0.05) is 0 Å². The summed E-state index contributed by atoms with van der Waals surface area (Å²) in [5.41, 5.74) is 7.40. The molecular formula is C22H28Si. The molecule has 120 valence electrons. The van der Waals surface area contributed by atoms with Crippen LogP contribution in [0.2, 0.25) is 5.04 Å². The third kappa shape index (κ3) is 3.07.